The summed E-state index contributed by atoms with van der Waals surface area (Å²) >= 11 is 0. The van der Waals surface area contributed by atoms with E-state index in [2.05, 4.69) is 22.5 Å². The first-order valence-corrected chi connectivity index (χ1v) is 9.19. The molecule has 2 amide bonds. The third-order valence-electron chi connectivity index (χ3n) is 4.48. The van der Waals surface area contributed by atoms with Crippen LogP contribution in [0.5, 0.6) is 0 Å². The molecular weight excluding hydrogens is 340 g/mol. The van der Waals surface area contributed by atoms with Crippen LogP contribution in [0, 0.1) is 6.92 Å². The number of nitrogens with one attached hydrogen (secondary N) is 2. The SMILES string of the molecule is CCCCNC(=O)c1nc(C(=O)NCc2ccccc2C)n2ccccc12. The van der Waals surface area contributed by atoms with Gasteiger partial charge < -0.3 is 10.6 Å². The van der Waals surface area contributed by atoms with Crippen molar-refractivity contribution in [1.82, 2.24) is 20.0 Å². The number of unbranched alkanes of at least 4 members (excludes halogenated alkanes) is 1. The Labute approximate surface area is 158 Å². The lowest BCUT2D eigenvalue weighted by Crippen LogP contribution is -2.26. The van der Waals surface area contributed by atoms with Crippen LogP contribution in [-0.2, 0) is 6.54 Å². The summed E-state index contributed by atoms with van der Waals surface area (Å²) in [6, 6.07) is 13.3. The summed E-state index contributed by atoms with van der Waals surface area (Å²) in [5, 5.41) is 5.76. The number of aryl methyl sites for hydroxylation is 1. The molecule has 0 atom stereocenters. The van der Waals surface area contributed by atoms with Crippen molar-refractivity contribution in [1.29, 1.82) is 0 Å². The molecule has 0 spiro atoms. The second-order valence-corrected chi connectivity index (χ2v) is 6.46. The van der Waals surface area contributed by atoms with E-state index in [4.69, 9.17) is 0 Å². The number of hydrogen-bond donors (Lipinski definition) is 2. The van der Waals surface area contributed by atoms with Crippen molar-refractivity contribution >= 4 is 17.3 Å². The minimum absolute atomic E-state index is 0.208. The second kappa shape index (κ2) is 8.49. The molecule has 0 saturated heterocycles. The normalized spacial score (nSPS) is 10.7. The summed E-state index contributed by atoms with van der Waals surface area (Å²) in [6.07, 6.45) is 3.64. The Bertz CT molecular complexity index is 962. The number of carbonyl (C=O) groups excluding carboxylic acids is 2. The number of benzene rings is 1. The van der Waals surface area contributed by atoms with Gasteiger partial charge in [-0.25, -0.2) is 4.98 Å². The predicted octanol–water partition coefficient (Wildman–Crippen LogP) is 3.10. The van der Waals surface area contributed by atoms with E-state index in [0.717, 1.165) is 24.0 Å². The third-order valence-corrected chi connectivity index (χ3v) is 4.48. The highest BCUT2D eigenvalue weighted by Crippen LogP contribution is 2.14. The summed E-state index contributed by atoms with van der Waals surface area (Å²) in [5.41, 5.74) is 3.05. The van der Waals surface area contributed by atoms with Crippen LogP contribution in [0.25, 0.3) is 5.52 Å². The van der Waals surface area contributed by atoms with Crippen LogP contribution in [0.4, 0.5) is 0 Å². The minimum atomic E-state index is -0.313. The third kappa shape index (κ3) is 4.16. The van der Waals surface area contributed by atoms with E-state index in [0.29, 0.717) is 18.6 Å². The number of aromatic nitrogens is 2. The largest absolute Gasteiger partial charge is 0.351 e. The fourth-order valence-corrected chi connectivity index (χ4v) is 2.89. The number of imidazole rings is 1. The first-order chi connectivity index (χ1) is 13.1. The highest BCUT2D eigenvalue weighted by atomic mass is 16.2. The van der Waals surface area contributed by atoms with Crippen LogP contribution in [0.3, 0.4) is 0 Å². The lowest BCUT2D eigenvalue weighted by atomic mass is 10.1. The molecule has 1 aromatic carbocycles. The highest BCUT2D eigenvalue weighted by molar-refractivity contribution is 6.02. The van der Waals surface area contributed by atoms with E-state index in [1.54, 1.807) is 16.7 Å². The highest BCUT2D eigenvalue weighted by Gasteiger charge is 2.21. The lowest BCUT2D eigenvalue weighted by Gasteiger charge is -2.07. The maximum atomic E-state index is 12.7. The van der Waals surface area contributed by atoms with Crippen LogP contribution in [-0.4, -0.2) is 27.7 Å². The zero-order chi connectivity index (χ0) is 19.2. The molecule has 0 aliphatic heterocycles. The quantitative estimate of drug-likeness (QED) is 0.633. The van der Waals surface area contributed by atoms with Crippen molar-refractivity contribution in [2.45, 2.75) is 33.2 Å². The monoisotopic (exact) mass is 364 g/mol. The van der Waals surface area contributed by atoms with E-state index in [1.807, 2.05) is 43.3 Å². The molecule has 0 aliphatic rings. The molecule has 2 heterocycles. The average Bonchev–Trinajstić information content (AvgIpc) is 3.07. The molecule has 0 bridgehead atoms. The summed E-state index contributed by atoms with van der Waals surface area (Å²) in [7, 11) is 0. The van der Waals surface area contributed by atoms with Crippen molar-refractivity contribution in [3.63, 3.8) is 0 Å². The molecule has 6 heteroatoms. The average molecular weight is 364 g/mol. The number of pyridine rings is 1. The number of nitrogens with zero attached hydrogens (tertiary/aromatic N) is 2. The molecule has 3 rings (SSSR count). The van der Waals surface area contributed by atoms with E-state index < -0.39 is 0 Å². The van der Waals surface area contributed by atoms with Gasteiger partial charge in [0.15, 0.2) is 5.69 Å². The van der Waals surface area contributed by atoms with Crippen LogP contribution < -0.4 is 10.6 Å². The summed E-state index contributed by atoms with van der Waals surface area (Å²) in [6.45, 7) is 5.07. The first-order valence-electron chi connectivity index (χ1n) is 9.19. The summed E-state index contributed by atoms with van der Waals surface area (Å²) in [4.78, 5) is 29.5. The van der Waals surface area contributed by atoms with Crippen molar-refractivity contribution < 1.29 is 9.59 Å². The van der Waals surface area contributed by atoms with Gasteiger partial charge in [0.1, 0.15) is 0 Å². The number of carbonyl (C=O) groups is 2. The number of amides is 2. The Kier molecular flexibility index (Phi) is 5.86. The molecule has 6 nitrogen and oxygen atoms in total. The van der Waals surface area contributed by atoms with Gasteiger partial charge in [0.2, 0.25) is 5.82 Å². The zero-order valence-electron chi connectivity index (χ0n) is 15.7. The van der Waals surface area contributed by atoms with Gasteiger partial charge in [-0.3, -0.25) is 14.0 Å². The van der Waals surface area contributed by atoms with Gasteiger partial charge in [0, 0.05) is 19.3 Å². The number of rotatable bonds is 7. The van der Waals surface area contributed by atoms with E-state index in [-0.39, 0.29) is 23.3 Å². The second-order valence-electron chi connectivity index (χ2n) is 6.46. The van der Waals surface area contributed by atoms with Crippen molar-refractivity contribution in [3.8, 4) is 0 Å². The minimum Gasteiger partial charge on any atom is -0.351 e. The molecule has 0 fully saturated rings. The summed E-state index contributed by atoms with van der Waals surface area (Å²) in [5.74, 6) is -0.364. The van der Waals surface area contributed by atoms with Gasteiger partial charge in [-0.1, -0.05) is 43.7 Å². The van der Waals surface area contributed by atoms with Gasteiger partial charge in [-0.15, -0.1) is 0 Å². The maximum Gasteiger partial charge on any atom is 0.287 e. The molecule has 140 valence electrons. The van der Waals surface area contributed by atoms with Gasteiger partial charge in [0.05, 0.1) is 5.52 Å². The van der Waals surface area contributed by atoms with Crippen LogP contribution in [0.1, 0.15) is 52.0 Å². The Morgan fingerprint density at radius 2 is 1.81 bits per heavy atom. The molecule has 2 N–H and O–H groups in total. The number of hydrogen-bond acceptors (Lipinski definition) is 3. The molecule has 0 radical (unpaired) electrons. The number of fused-ring (bicyclic) bond motifs is 1. The first kappa shape index (κ1) is 18.6. The van der Waals surface area contributed by atoms with Crippen LogP contribution in [0.15, 0.2) is 48.7 Å². The Balaban J connectivity index is 1.82. The molecule has 0 saturated carbocycles. The maximum absolute atomic E-state index is 12.7. The Morgan fingerprint density at radius 3 is 2.59 bits per heavy atom. The van der Waals surface area contributed by atoms with Crippen molar-refractivity contribution in [3.05, 3.63) is 71.3 Å². The van der Waals surface area contributed by atoms with E-state index in [1.165, 1.54) is 0 Å². The molecule has 3 aromatic rings. The van der Waals surface area contributed by atoms with Crippen molar-refractivity contribution in [2.24, 2.45) is 0 Å². The van der Waals surface area contributed by atoms with Gasteiger partial charge in [0.25, 0.3) is 11.8 Å². The molecule has 0 aliphatic carbocycles. The van der Waals surface area contributed by atoms with Crippen molar-refractivity contribution in [2.75, 3.05) is 6.54 Å². The van der Waals surface area contributed by atoms with Gasteiger partial charge in [-0.05, 0) is 36.6 Å². The molecule has 0 unspecified atom stereocenters. The van der Waals surface area contributed by atoms with Crippen LogP contribution >= 0.6 is 0 Å². The Hall–Kier alpha value is -3.15. The fraction of sp³-hybridized carbons (Fsp3) is 0.286. The zero-order valence-corrected chi connectivity index (χ0v) is 15.7. The molecular formula is C21H24N4O2. The molecule has 2 aromatic heterocycles. The van der Waals surface area contributed by atoms with Crippen LogP contribution in [0.2, 0.25) is 0 Å². The summed E-state index contributed by atoms with van der Waals surface area (Å²) < 4.78 is 1.65. The Morgan fingerprint density at radius 1 is 1.04 bits per heavy atom. The predicted molar refractivity (Wildman–Crippen MR) is 105 cm³/mol. The smallest absolute Gasteiger partial charge is 0.287 e. The van der Waals surface area contributed by atoms with E-state index in [9.17, 15) is 9.59 Å². The lowest BCUT2D eigenvalue weighted by molar-refractivity contribution is 0.0939. The molecule has 27 heavy (non-hydrogen) atoms. The van der Waals surface area contributed by atoms with Gasteiger partial charge >= 0.3 is 0 Å². The van der Waals surface area contributed by atoms with E-state index >= 15 is 0 Å². The standard InChI is InChI=1S/C21H24N4O2/c1-3-4-12-22-20(26)18-17-11-7-8-13-25(17)19(24-18)21(27)23-14-16-10-6-5-9-15(16)2/h5-11,13H,3-4,12,14H2,1-2H3,(H,22,26)(H,23,27). The fourth-order valence-electron chi connectivity index (χ4n) is 2.89. The topological polar surface area (TPSA) is 75.5 Å². The van der Waals surface area contributed by atoms with Gasteiger partial charge in [-0.2, -0.15) is 0 Å².